The number of amides is 2. The van der Waals surface area contributed by atoms with E-state index in [1.165, 1.54) is 0 Å². The minimum absolute atomic E-state index is 0.0507. The van der Waals surface area contributed by atoms with E-state index in [4.69, 9.17) is 0 Å². The number of rotatable bonds is 5. The Kier molecular flexibility index (Phi) is 5.55. The lowest BCUT2D eigenvalue weighted by atomic mass is 9.80. The van der Waals surface area contributed by atoms with Crippen molar-refractivity contribution in [1.29, 1.82) is 0 Å². The van der Waals surface area contributed by atoms with Gasteiger partial charge >= 0.3 is 0 Å². The summed E-state index contributed by atoms with van der Waals surface area (Å²) in [5.74, 6) is -0.438. The van der Waals surface area contributed by atoms with Crippen LogP contribution in [0.1, 0.15) is 64.0 Å². The van der Waals surface area contributed by atoms with Crippen LogP contribution in [0.25, 0.3) is 0 Å². The first-order chi connectivity index (χ1) is 15.2. The van der Waals surface area contributed by atoms with Gasteiger partial charge in [0.15, 0.2) is 0 Å². The molecule has 3 aromatic rings. The van der Waals surface area contributed by atoms with Crippen LogP contribution in [0.2, 0.25) is 0 Å². The lowest BCUT2D eigenvalue weighted by molar-refractivity contribution is -0.124. The van der Waals surface area contributed by atoms with E-state index < -0.39 is 5.92 Å². The maximum absolute atomic E-state index is 13.6. The predicted molar refractivity (Wildman–Crippen MR) is 121 cm³/mol. The second-order valence-corrected chi connectivity index (χ2v) is 9.23. The normalized spacial score (nSPS) is 21.2. The number of hydrogen-bond acceptors (Lipinski definition) is 4. The Morgan fingerprint density at radius 1 is 1.10 bits per heavy atom. The van der Waals surface area contributed by atoms with Gasteiger partial charge in [0, 0.05) is 35.4 Å². The lowest BCUT2D eigenvalue weighted by Crippen LogP contribution is -2.50. The van der Waals surface area contributed by atoms with Crippen LogP contribution in [0, 0.1) is 0 Å². The van der Waals surface area contributed by atoms with Gasteiger partial charge in [-0.3, -0.25) is 14.6 Å². The Morgan fingerprint density at radius 2 is 1.94 bits per heavy atom. The second-order valence-electron chi connectivity index (χ2n) is 8.25. The smallest absolute Gasteiger partial charge is 0.254 e. The van der Waals surface area contributed by atoms with Crippen molar-refractivity contribution in [2.24, 2.45) is 0 Å². The number of nitrogens with one attached hydrogen (secondary N) is 1. The summed E-state index contributed by atoms with van der Waals surface area (Å²) >= 11 is 1.62. The zero-order valence-corrected chi connectivity index (χ0v) is 18.1. The summed E-state index contributed by atoms with van der Waals surface area (Å²) in [6.07, 6.45) is 7.75. The van der Waals surface area contributed by atoms with E-state index in [9.17, 15) is 9.59 Å². The van der Waals surface area contributed by atoms with E-state index in [1.807, 2.05) is 52.7 Å². The Morgan fingerprint density at radius 3 is 2.68 bits per heavy atom. The summed E-state index contributed by atoms with van der Waals surface area (Å²) in [6, 6.07) is 15.4. The quantitative estimate of drug-likeness (QED) is 0.638. The van der Waals surface area contributed by atoms with Crippen molar-refractivity contribution in [3.63, 3.8) is 0 Å². The highest BCUT2D eigenvalue weighted by atomic mass is 32.1. The average Bonchev–Trinajstić information content (AvgIpc) is 3.52. The van der Waals surface area contributed by atoms with Crippen LogP contribution in [0.15, 0.2) is 66.3 Å². The molecule has 1 fully saturated rings. The van der Waals surface area contributed by atoms with Crippen molar-refractivity contribution in [1.82, 2.24) is 15.2 Å². The van der Waals surface area contributed by atoms with Gasteiger partial charge in [-0.1, -0.05) is 43.2 Å². The SMILES string of the molecule is O=C(NCc1cccnc1)[C@@H]1c2ccccc2C(=O)N(C2CCCC2)[C@@H]1c1cccs1. The van der Waals surface area contributed by atoms with Gasteiger partial charge in [-0.25, -0.2) is 0 Å². The molecular weight excluding hydrogens is 406 g/mol. The van der Waals surface area contributed by atoms with Gasteiger partial charge in [0.1, 0.15) is 0 Å². The maximum Gasteiger partial charge on any atom is 0.254 e. The molecule has 5 rings (SSSR count). The van der Waals surface area contributed by atoms with Crippen LogP contribution >= 0.6 is 11.3 Å². The largest absolute Gasteiger partial charge is 0.351 e. The van der Waals surface area contributed by atoms with Gasteiger partial charge in [0.25, 0.3) is 5.91 Å². The van der Waals surface area contributed by atoms with Crippen molar-refractivity contribution in [3.05, 3.63) is 87.9 Å². The zero-order chi connectivity index (χ0) is 21.2. The molecule has 6 heteroatoms. The monoisotopic (exact) mass is 431 g/mol. The van der Waals surface area contributed by atoms with Gasteiger partial charge in [0.05, 0.1) is 12.0 Å². The lowest BCUT2D eigenvalue weighted by Gasteiger charge is -2.44. The standard InChI is InChI=1S/C25H25N3O2S/c29-24(27-16-17-7-5-13-26-15-17)22-19-10-3-4-11-20(19)25(30)28(18-8-1-2-9-18)23(22)21-12-6-14-31-21/h3-7,10-15,18,22-23H,1-2,8-9,16H2,(H,27,29)/t22-,23-/m1/s1. The number of hydrogen-bond donors (Lipinski definition) is 1. The van der Waals surface area contributed by atoms with Crippen LogP contribution < -0.4 is 5.32 Å². The molecule has 0 saturated heterocycles. The number of pyridine rings is 1. The third kappa shape index (κ3) is 3.76. The van der Waals surface area contributed by atoms with E-state index in [-0.39, 0.29) is 23.9 Å². The first-order valence-corrected chi connectivity index (χ1v) is 11.7. The summed E-state index contributed by atoms with van der Waals surface area (Å²) in [4.78, 5) is 34.5. The Bertz CT molecular complexity index is 1060. The Hall–Kier alpha value is -2.99. The third-order valence-corrected chi connectivity index (χ3v) is 7.34. The minimum Gasteiger partial charge on any atom is -0.351 e. The van der Waals surface area contributed by atoms with Crippen molar-refractivity contribution in [2.75, 3.05) is 0 Å². The molecule has 2 aromatic heterocycles. The van der Waals surface area contributed by atoms with Crippen LogP contribution in [-0.4, -0.2) is 27.7 Å². The number of fused-ring (bicyclic) bond motifs is 1. The molecule has 3 heterocycles. The highest BCUT2D eigenvalue weighted by molar-refractivity contribution is 7.10. The molecule has 2 atom stereocenters. The third-order valence-electron chi connectivity index (χ3n) is 6.40. The summed E-state index contributed by atoms with van der Waals surface area (Å²) in [6.45, 7) is 0.417. The van der Waals surface area contributed by atoms with Gasteiger partial charge in [-0.2, -0.15) is 0 Å². The molecule has 1 aliphatic heterocycles. The molecule has 1 aromatic carbocycles. The van der Waals surface area contributed by atoms with Crippen molar-refractivity contribution >= 4 is 23.2 Å². The number of thiophene rings is 1. The van der Waals surface area contributed by atoms with Crippen molar-refractivity contribution in [3.8, 4) is 0 Å². The molecule has 0 unspecified atom stereocenters. The van der Waals surface area contributed by atoms with Gasteiger partial charge in [-0.05, 0) is 47.5 Å². The van der Waals surface area contributed by atoms with Gasteiger partial charge in [-0.15, -0.1) is 11.3 Å². The molecule has 1 N–H and O–H groups in total. The predicted octanol–water partition coefficient (Wildman–Crippen LogP) is 4.68. The van der Waals surface area contributed by atoms with E-state index >= 15 is 0 Å². The molecular formula is C25H25N3O2S. The summed E-state index contributed by atoms with van der Waals surface area (Å²) in [5, 5.41) is 5.14. The number of carbonyl (C=O) groups excluding carboxylic acids is 2. The fraction of sp³-hybridized carbons (Fsp3) is 0.320. The zero-order valence-electron chi connectivity index (χ0n) is 17.2. The molecule has 1 saturated carbocycles. The van der Waals surface area contributed by atoms with E-state index in [1.54, 1.807) is 23.7 Å². The molecule has 0 radical (unpaired) electrons. The first kappa shape index (κ1) is 19.9. The maximum atomic E-state index is 13.6. The Labute approximate surface area is 186 Å². The fourth-order valence-corrected chi connectivity index (χ4v) is 5.84. The Balaban J connectivity index is 1.56. The summed E-state index contributed by atoms with van der Waals surface area (Å²) < 4.78 is 0. The summed E-state index contributed by atoms with van der Waals surface area (Å²) in [5.41, 5.74) is 2.43. The van der Waals surface area contributed by atoms with Crippen molar-refractivity contribution in [2.45, 2.75) is 50.2 Å². The molecule has 0 spiro atoms. The molecule has 0 bridgehead atoms. The first-order valence-electron chi connectivity index (χ1n) is 10.9. The van der Waals surface area contributed by atoms with E-state index in [0.29, 0.717) is 12.1 Å². The average molecular weight is 432 g/mol. The van der Waals surface area contributed by atoms with Gasteiger partial charge < -0.3 is 10.2 Å². The molecule has 158 valence electrons. The van der Waals surface area contributed by atoms with Crippen LogP contribution in [0.5, 0.6) is 0 Å². The van der Waals surface area contributed by atoms with Crippen LogP contribution in [0.3, 0.4) is 0 Å². The molecule has 31 heavy (non-hydrogen) atoms. The molecule has 2 aliphatic rings. The molecule has 2 amide bonds. The number of carbonyl (C=O) groups is 2. The highest BCUT2D eigenvalue weighted by Gasteiger charge is 2.47. The fourth-order valence-electron chi connectivity index (χ4n) is 4.98. The second kappa shape index (κ2) is 8.63. The van der Waals surface area contributed by atoms with Crippen LogP contribution in [0.4, 0.5) is 0 Å². The van der Waals surface area contributed by atoms with Crippen LogP contribution in [-0.2, 0) is 11.3 Å². The number of benzene rings is 1. The topological polar surface area (TPSA) is 62.3 Å². The van der Waals surface area contributed by atoms with E-state index in [0.717, 1.165) is 41.7 Å². The minimum atomic E-state index is -0.440. The van der Waals surface area contributed by atoms with Crippen molar-refractivity contribution < 1.29 is 9.59 Å². The highest BCUT2D eigenvalue weighted by Crippen LogP contribution is 2.47. The van der Waals surface area contributed by atoms with Gasteiger partial charge in [0.2, 0.25) is 5.91 Å². The van der Waals surface area contributed by atoms with E-state index in [2.05, 4.69) is 16.4 Å². The number of nitrogens with zero attached hydrogens (tertiary/aromatic N) is 2. The molecule has 1 aliphatic carbocycles. The molecule has 5 nitrogen and oxygen atoms in total. The number of aromatic nitrogens is 1. The summed E-state index contributed by atoms with van der Waals surface area (Å²) in [7, 11) is 0.